The molecule has 1 aliphatic rings. The van der Waals surface area contributed by atoms with Crippen LogP contribution in [0.2, 0.25) is 0 Å². The first kappa shape index (κ1) is 20.3. The molecule has 0 saturated carbocycles. The van der Waals surface area contributed by atoms with Gasteiger partial charge < -0.3 is 9.84 Å². The van der Waals surface area contributed by atoms with Crippen LogP contribution in [0.4, 0.5) is 5.69 Å². The van der Waals surface area contributed by atoms with Crippen molar-refractivity contribution < 1.29 is 19.4 Å². The molecule has 4 rings (SSSR count). The number of aliphatic hydroxyl groups excluding tert-OH is 1. The van der Waals surface area contributed by atoms with Gasteiger partial charge in [-0.25, -0.2) is 0 Å². The fourth-order valence-corrected chi connectivity index (χ4v) is 3.64. The Bertz CT molecular complexity index is 1110. The maximum Gasteiger partial charge on any atom is 0.294 e. The number of ketones is 1. The predicted molar refractivity (Wildman–Crippen MR) is 117 cm³/mol. The summed E-state index contributed by atoms with van der Waals surface area (Å²) in [6, 6.07) is 19.6. The summed E-state index contributed by atoms with van der Waals surface area (Å²) in [6.07, 6.45) is 3.40. The second kappa shape index (κ2) is 8.83. The van der Waals surface area contributed by atoms with Crippen molar-refractivity contribution in [2.24, 2.45) is 0 Å². The van der Waals surface area contributed by atoms with Gasteiger partial charge in [0.05, 0.1) is 11.6 Å². The highest BCUT2D eigenvalue weighted by Gasteiger charge is 2.43. The Hall–Kier alpha value is -3.93. The lowest BCUT2D eigenvalue weighted by Gasteiger charge is -2.26. The molecule has 1 amide bonds. The molecule has 1 unspecified atom stereocenters. The van der Waals surface area contributed by atoms with E-state index in [1.54, 1.807) is 55.7 Å². The minimum atomic E-state index is -0.732. The standard InChI is InChI=1S/C25H22N2O4/c1-2-21(28)22-23(18-9-6-14-26-15-18)27(25(30)24(22)29)19-10-12-20(13-11-19)31-16-17-7-4-3-5-8-17/h3-15,23,29H,2,16H2,1H3. The summed E-state index contributed by atoms with van der Waals surface area (Å²) in [6.45, 7) is 2.13. The van der Waals surface area contributed by atoms with Gasteiger partial charge in [0.15, 0.2) is 11.5 Å². The molecule has 0 fully saturated rings. The number of nitrogens with zero attached hydrogens (tertiary/aromatic N) is 2. The number of amides is 1. The third-order valence-corrected chi connectivity index (χ3v) is 5.19. The predicted octanol–water partition coefficient (Wildman–Crippen LogP) is 4.54. The van der Waals surface area contributed by atoms with Gasteiger partial charge in [-0.05, 0) is 41.5 Å². The van der Waals surface area contributed by atoms with E-state index in [-0.39, 0.29) is 17.8 Å². The lowest BCUT2D eigenvalue weighted by atomic mass is 9.96. The fraction of sp³-hybridized carbons (Fsp3) is 0.160. The topological polar surface area (TPSA) is 79.7 Å². The zero-order valence-corrected chi connectivity index (χ0v) is 17.1. The van der Waals surface area contributed by atoms with E-state index < -0.39 is 17.7 Å². The molecule has 3 aromatic rings. The minimum absolute atomic E-state index is 0.102. The molecule has 0 radical (unpaired) electrons. The van der Waals surface area contributed by atoms with Crippen molar-refractivity contribution in [1.29, 1.82) is 0 Å². The van der Waals surface area contributed by atoms with Gasteiger partial charge in [-0.1, -0.05) is 43.3 Å². The maximum atomic E-state index is 12.9. The summed E-state index contributed by atoms with van der Waals surface area (Å²) in [5, 5.41) is 10.5. The highest BCUT2D eigenvalue weighted by Crippen LogP contribution is 2.41. The Morgan fingerprint density at radius 2 is 1.81 bits per heavy atom. The number of hydrogen-bond acceptors (Lipinski definition) is 5. The first-order chi connectivity index (χ1) is 15.1. The summed E-state index contributed by atoms with van der Waals surface area (Å²) < 4.78 is 5.82. The van der Waals surface area contributed by atoms with Gasteiger partial charge in [0, 0.05) is 24.5 Å². The molecule has 2 heterocycles. The molecule has 1 N–H and O–H groups in total. The maximum absolute atomic E-state index is 12.9. The lowest BCUT2D eigenvalue weighted by molar-refractivity contribution is -0.118. The number of Topliss-reactive ketones (excluding diaryl/α,β-unsaturated/α-hetero) is 1. The quantitative estimate of drug-likeness (QED) is 0.614. The van der Waals surface area contributed by atoms with Crippen LogP contribution < -0.4 is 9.64 Å². The number of aromatic nitrogens is 1. The van der Waals surface area contributed by atoms with Crippen LogP contribution in [-0.4, -0.2) is 21.8 Å². The van der Waals surface area contributed by atoms with Crippen molar-refractivity contribution in [3.63, 3.8) is 0 Å². The van der Waals surface area contributed by atoms with Gasteiger partial charge in [-0.2, -0.15) is 0 Å². The molecule has 6 nitrogen and oxygen atoms in total. The second-order valence-electron chi connectivity index (χ2n) is 7.17. The van der Waals surface area contributed by atoms with E-state index in [4.69, 9.17) is 4.74 Å². The normalized spacial score (nSPS) is 16.0. The fourth-order valence-electron chi connectivity index (χ4n) is 3.64. The van der Waals surface area contributed by atoms with Gasteiger partial charge in [-0.3, -0.25) is 19.5 Å². The number of benzene rings is 2. The smallest absolute Gasteiger partial charge is 0.294 e. The molecule has 1 aromatic heterocycles. The number of carbonyl (C=O) groups is 2. The zero-order chi connectivity index (χ0) is 21.8. The Labute approximate surface area is 180 Å². The molecule has 0 bridgehead atoms. The van der Waals surface area contributed by atoms with E-state index in [1.165, 1.54) is 4.90 Å². The van der Waals surface area contributed by atoms with Crippen molar-refractivity contribution in [2.75, 3.05) is 4.90 Å². The number of aliphatic hydroxyl groups is 1. The number of ether oxygens (including phenoxy) is 1. The van der Waals surface area contributed by atoms with Crippen LogP contribution >= 0.6 is 0 Å². The number of hydrogen-bond donors (Lipinski definition) is 1. The van der Waals surface area contributed by atoms with Gasteiger partial charge in [0.2, 0.25) is 0 Å². The Morgan fingerprint density at radius 1 is 1.06 bits per heavy atom. The number of anilines is 1. The van der Waals surface area contributed by atoms with Gasteiger partial charge in [0.25, 0.3) is 5.91 Å². The van der Waals surface area contributed by atoms with E-state index in [0.29, 0.717) is 23.6 Å². The van der Waals surface area contributed by atoms with Crippen molar-refractivity contribution in [3.05, 3.63) is 102 Å². The minimum Gasteiger partial charge on any atom is -0.503 e. The van der Waals surface area contributed by atoms with E-state index >= 15 is 0 Å². The summed E-state index contributed by atoms with van der Waals surface area (Å²) >= 11 is 0. The summed E-state index contributed by atoms with van der Waals surface area (Å²) in [4.78, 5) is 31.0. The number of carbonyl (C=O) groups excluding carboxylic acids is 2. The third-order valence-electron chi connectivity index (χ3n) is 5.19. The van der Waals surface area contributed by atoms with Crippen LogP contribution in [0.15, 0.2) is 90.5 Å². The highest BCUT2D eigenvalue weighted by atomic mass is 16.5. The SMILES string of the molecule is CCC(=O)C1=C(O)C(=O)N(c2ccc(OCc3ccccc3)cc2)C1c1cccnc1. The zero-order valence-electron chi connectivity index (χ0n) is 17.1. The average Bonchev–Trinajstić information content (AvgIpc) is 3.09. The molecule has 0 aliphatic carbocycles. The van der Waals surface area contributed by atoms with Crippen LogP contribution in [0, 0.1) is 0 Å². The summed E-state index contributed by atoms with van der Waals surface area (Å²) in [5.74, 6) is -0.738. The van der Waals surface area contributed by atoms with Crippen molar-refractivity contribution in [1.82, 2.24) is 4.98 Å². The summed E-state index contributed by atoms with van der Waals surface area (Å²) in [7, 11) is 0. The van der Waals surface area contributed by atoms with Crippen LogP contribution in [0.25, 0.3) is 0 Å². The third kappa shape index (κ3) is 4.05. The Balaban J connectivity index is 1.62. The highest BCUT2D eigenvalue weighted by molar-refractivity contribution is 6.16. The first-order valence-electron chi connectivity index (χ1n) is 10.1. The van der Waals surface area contributed by atoms with E-state index in [9.17, 15) is 14.7 Å². The second-order valence-corrected chi connectivity index (χ2v) is 7.17. The van der Waals surface area contributed by atoms with Crippen LogP contribution in [0.1, 0.15) is 30.5 Å². The van der Waals surface area contributed by atoms with Gasteiger partial charge >= 0.3 is 0 Å². The van der Waals surface area contributed by atoms with Crippen molar-refractivity contribution in [3.8, 4) is 5.75 Å². The van der Waals surface area contributed by atoms with Crippen molar-refractivity contribution in [2.45, 2.75) is 26.0 Å². The van der Waals surface area contributed by atoms with Crippen molar-refractivity contribution >= 4 is 17.4 Å². The Morgan fingerprint density at radius 3 is 2.45 bits per heavy atom. The lowest BCUT2D eigenvalue weighted by Crippen LogP contribution is -2.31. The first-order valence-corrected chi connectivity index (χ1v) is 10.1. The molecule has 1 aliphatic heterocycles. The number of rotatable bonds is 7. The van der Waals surface area contributed by atoms with Crippen LogP contribution in [-0.2, 0) is 16.2 Å². The van der Waals surface area contributed by atoms with Gasteiger partial charge in [-0.15, -0.1) is 0 Å². The largest absolute Gasteiger partial charge is 0.503 e. The summed E-state index contributed by atoms with van der Waals surface area (Å²) in [5.41, 5.74) is 2.36. The Kier molecular flexibility index (Phi) is 5.80. The average molecular weight is 414 g/mol. The molecule has 1 atom stereocenters. The molecular weight excluding hydrogens is 392 g/mol. The molecular formula is C25H22N2O4. The van der Waals surface area contributed by atoms with E-state index in [2.05, 4.69) is 4.98 Å². The van der Waals surface area contributed by atoms with E-state index in [1.807, 2.05) is 30.3 Å². The number of pyridine rings is 1. The molecule has 6 heteroatoms. The molecule has 31 heavy (non-hydrogen) atoms. The molecule has 0 spiro atoms. The molecule has 0 saturated heterocycles. The van der Waals surface area contributed by atoms with Crippen LogP contribution in [0.3, 0.4) is 0 Å². The van der Waals surface area contributed by atoms with Crippen LogP contribution in [0.5, 0.6) is 5.75 Å². The van der Waals surface area contributed by atoms with Gasteiger partial charge in [0.1, 0.15) is 12.4 Å². The monoisotopic (exact) mass is 414 g/mol. The molecule has 2 aromatic carbocycles. The molecule has 156 valence electrons. The van der Waals surface area contributed by atoms with E-state index in [0.717, 1.165) is 5.56 Å².